The SMILES string of the molecule is CCOc1ccc(C(=O)Nc2cc(-c3ccsc3)no2)cc1. The zero-order valence-corrected chi connectivity index (χ0v) is 12.7. The van der Waals surface area contributed by atoms with Gasteiger partial charge in [-0.3, -0.25) is 10.1 Å². The first-order chi connectivity index (χ1) is 10.8. The lowest BCUT2D eigenvalue weighted by atomic mass is 10.2. The second-order valence-electron chi connectivity index (χ2n) is 4.50. The topological polar surface area (TPSA) is 64.4 Å². The quantitative estimate of drug-likeness (QED) is 0.771. The van der Waals surface area contributed by atoms with Crippen LogP contribution in [-0.2, 0) is 0 Å². The molecule has 3 aromatic rings. The molecule has 2 heterocycles. The van der Waals surface area contributed by atoms with E-state index in [1.165, 1.54) is 0 Å². The molecule has 0 saturated carbocycles. The van der Waals surface area contributed by atoms with Crippen LogP contribution in [0.2, 0.25) is 0 Å². The Morgan fingerprint density at radius 2 is 2.14 bits per heavy atom. The molecule has 6 heteroatoms. The predicted molar refractivity (Wildman–Crippen MR) is 85.4 cm³/mol. The van der Waals surface area contributed by atoms with Gasteiger partial charge in [-0.2, -0.15) is 11.3 Å². The minimum absolute atomic E-state index is 0.254. The molecule has 0 fully saturated rings. The van der Waals surface area contributed by atoms with Crippen LogP contribution in [0, 0.1) is 0 Å². The second kappa shape index (κ2) is 6.44. The molecule has 0 aliphatic rings. The molecule has 0 bridgehead atoms. The largest absolute Gasteiger partial charge is 0.494 e. The van der Waals surface area contributed by atoms with Crippen LogP contribution in [0.3, 0.4) is 0 Å². The highest BCUT2D eigenvalue weighted by Crippen LogP contribution is 2.24. The maximum Gasteiger partial charge on any atom is 0.258 e. The van der Waals surface area contributed by atoms with E-state index >= 15 is 0 Å². The summed E-state index contributed by atoms with van der Waals surface area (Å²) >= 11 is 1.58. The Labute approximate surface area is 131 Å². The molecular weight excluding hydrogens is 300 g/mol. The van der Waals surface area contributed by atoms with E-state index in [9.17, 15) is 4.79 Å². The first-order valence-corrected chi connectivity index (χ1v) is 7.74. The van der Waals surface area contributed by atoms with Gasteiger partial charge in [0.1, 0.15) is 11.4 Å². The van der Waals surface area contributed by atoms with Gasteiger partial charge < -0.3 is 9.26 Å². The number of nitrogens with one attached hydrogen (secondary N) is 1. The fourth-order valence-electron chi connectivity index (χ4n) is 1.93. The lowest BCUT2D eigenvalue weighted by Gasteiger charge is -2.04. The molecule has 0 spiro atoms. The number of nitrogens with zero attached hydrogens (tertiary/aromatic N) is 1. The van der Waals surface area contributed by atoms with Gasteiger partial charge in [0.15, 0.2) is 0 Å². The van der Waals surface area contributed by atoms with Crippen LogP contribution in [-0.4, -0.2) is 17.7 Å². The maximum absolute atomic E-state index is 12.1. The molecule has 112 valence electrons. The van der Waals surface area contributed by atoms with Gasteiger partial charge in [0.05, 0.1) is 6.61 Å². The Balaban J connectivity index is 1.69. The summed E-state index contributed by atoms with van der Waals surface area (Å²) in [6.07, 6.45) is 0. The van der Waals surface area contributed by atoms with Crippen molar-refractivity contribution >= 4 is 23.1 Å². The van der Waals surface area contributed by atoms with Crippen LogP contribution in [0.5, 0.6) is 5.75 Å². The third kappa shape index (κ3) is 3.17. The highest BCUT2D eigenvalue weighted by Gasteiger charge is 2.11. The number of hydrogen-bond donors (Lipinski definition) is 1. The van der Waals surface area contributed by atoms with E-state index in [-0.39, 0.29) is 5.91 Å². The fraction of sp³-hybridized carbons (Fsp3) is 0.125. The van der Waals surface area contributed by atoms with Crippen molar-refractivity contribution in [3.05, 3.63) is 52.7 Å². The first-order valence-electron chi connectivity index (χ1n) is 6.80. The van der Waals surface area contributed by atoms with Crippen LogP contribution in [0.1, 0.15) is 17.3 Å². The third-order valence-electron chi connectivity index (χ3n) is 2.99. The van der Waals surface area contributed by atoms with Crippen LogP contribution >= 0.6 is 11.3 Å². The molecule has 22 heavy (non-hydrogen) atoms. The number of benzene rings is 1. The number of carbonyl (C=O) groups is 1. The molecule has 0 radical (unpaired) electrons. The first kappa shape index (κ1) is 14.3. The number of thiophene rings is 1. The van der Waals surface area contributed by atoms with Crippen molar-refractivity contribution in [1.29, 1.82) is 0 Å². The van der Waals surface area contributed by atoms with Crippen LogP contribution in [0.4, 0.5) is 5.88 Å². The molecule has 0 atom stereocenters. The normalized spacial score (nSPS) is 10.4. The van der Waals surface area contributed by atoms with E-state index in [1.807, 2.05) is 23.8 Å². The minimum atomic E-state index is -0.254. The lowest BCUT2D eigenvalue weighted by Crippen LogP contribution is -2.11. The zero-order chi connectivity index (χ0) is 15.4. The second-order valence-corrected chi connectivity index (χ2v) is 5.28. The maximum atomic E-state index is 12.1. The van der Waals surface area contributed by atoms with Gasteiger partial charge >= 0.3 is 0 Å². The van der Waals surface area contributed by atoms with Gasteiger partial charge in [0.25, 0.3) is 5.91 Å². The zero-order valence-electron chi connectivity index (χ0n) is 11.9. The summed E-state index contributed by atoms with van der Waals surface area (Å²) in [4.78, 5) is 12.1. The molecule has 2 aromatic heterocycles. The molecular formula is C16H14N2O3S. The minimum Gasteiger partial charge on any atom is -0.494 e. The predicted octanol–water partition coefficient (Wildman–Crippen LogP) is 4.05. The molecule has 1 N–H and O–H groups in total. The van der Waals surface area contributed by atoms with Gasteiger partial charge in [-0.1, -0.05) is 5.16 Å². The monoisotopic (exact) mass is 314 g/mol. The van der Waals surface area contributed by atoms with Crippen molar-refractivity contribution in [2.24, 2.45) is 0 Å². The summed E-state index contributed by atoms with van der Waals surface area (Å²) in [7, 11) is 0. The Hall–Kier alpha value is -2.60. The average molecular weight is 314 g/mol. The molecule has 3 rings (SSSR count). The molecule has 0 unspecified atom stereocenters. The van der Waals surface area contributed by atoms with E-state index in [1.54, 1.807) is 41.7 Å². The molecule has 1 aromatic carbocycles. The molecule has 5 nitrogen and oxygen atoms in total. The summed E-state index contributed by atoms with van der Waals surface area (Å²) in [6, 6.07) is 10.6. The highest BCUT2D eigenvalue weighted by atomic mass is 32.1. The number of anilines is 1. The van der Waals surface area contributed by atoms with Crippen LogP contribution in [0.25, 0.3) is 11.3 Å². The van der Waals surface area contributed by atoms with Crippen molar-refractivity contribution in [3.63, 3.8) is 0 Å². The van der Waals surface area contributed by atoms with Crippen molar-refractivity contribution < 1.29 is 14.1 Å². The summed E-state index contributed by atoms with van der Waals surface area (Å²) in [6.45, 7) is 2.50. The lowest BCUT2D eigenvalue weighted by molar-refractivity contribution is 0.102. The Morgan fingerprint density at radius 3 is 2.82 bits per heavy atom. The number of carbonyl (C=O) groups excluding carboxylic acids is 1. The van der Waals surface area contributed by atoms with Crippen molar-refractivity contribution in [1.82, 2.24) is 5.16 Å². The number of ether oxygens (including phenoxy) is 1. The van der Waals surface area contributed by atoms with Gasteiger partial charge in [0, 0.05) is 22.6 Å². The van der Waals surface area contributed by atoms with Crippen LogP contribution in [0.15, 0.2) is 51.7 Å². The molecule has 0 aliphatic heterocycles. The summed E-state index contributed by atoms with van der Waals surface area (Å²) in [5.74, 6) is 0.801. The van der Waals surface area contributed by atoms with Gasteiger partial charge in [0.2, 0.25) is 5.88 Å². The molecule has 1 amide bonds. The van der Waals surface area contributed by atoms with Crippen LogP contribution < -0.4 is 10.1 Å². The summed E-state index contributed by atoms with van der Waals surface area (Å²) in [5, 5.41) is 10.6. The van der Waals surface area contributed by atoms with Crippen molar-refractivity contribution in [3.8, 4) is 17.0 Å². The van der Waals surface area contributed by atoms with Crippen molar-refractivity contribution in [2.45, 2.75) is 6.92 Å². The number of amides is 1. The van der Waals surface area contributed by atoms with E-state index in [0.29, 0.717) is 23.7 Å². The van der Waals surface area contributed by atoms with Gasteiger partial charge in [-0.15, -0.1) is 0 Å². The number of rotatable bonds is 5. The fourth-order valence-corrected chi connectivity index (χ4v) is 2.58. The molecule has 0 aliphatic carbocycles. The Bertz CT molecular complexity index is 748. The molecule has 0 saturated heterocycles. The number of aromatic nitrogens is 1. The number of hydrogen-bond acceptors (Lipinski definition) is 5. The smallest absolute Gasteiger partial charge is 0.258 e. The Kier molecular flexibility index (Phi) is 4.20. The van der Waals surface area contributed by atoms with Crippen molar-refractivity contribution in [2.75, 3.05) is 11.9 Å². The highest BCUT2D eigenvalue weighted by molar-refractivity contribution is 7.08. The summed E-state index contributed by atoms with van der Waals surface area (Å²) < 4.78 is 10.5. The van der Waals surface area contributed by atoms with Gasteiger partial charge in [-0.05, 0) is 42.6 Å². The standard InChI is InChI=1S/C16H14N2O3S/c1-2-20-13-5-3-11(4-6-13)16(19)17-15-9-14(18-21-15)12-7-8-22-10-12/h3-10H,2H2,1H3,(H,17,19). The summed E-state index contributed by atoms with van der Waals surface area (Å²) in [5.41, 5.74) is 2.19. The Morgan fingerprint density at radius 1 is 1.32 bits per heavy atom. The van der Waals surface area contributed by atoms with E-state index in [0.717, 1.165) is 11.3 Å². The van der Waals surface area contributed by atoms with E-state index in [4.69, 9.17) is 9.26 Å². The average Bonchev–Trinajstić information content (AvgIpc) is 3.19. The van der Waals surface area contributed by atoms with E-state index in [2.05, 4.69) is 10.5 Å². The third-order valence-corrected chi connectivity index (χ3v) is 3.67. The van der Waals surface area contributed by atoms with Gasteiger partial charge in [-0.25, -0.2) is 0 Å². The van der Waals surface area contributed by atoms with E-state index < -0.39 is 0 Å².